The number of anilines is 10. The summed E-state index contributed by atoms with van der Waals surface area (Å²) in [6, 6.07) is 46.9. The van der Waals surface area contributed by atoms with Gasteiger partial charge < -0.3 is 56.4 Å². The van der Waals surface area contributed by atoms with E-state index in [1.54, 1.807) is 49.6 Å². The number of halogens is 2. The number of aromatic nitrogens is 16. The van der Waals surface area contributed by atoms with E-state index in [9.17, 15) is 28.0 Å². The molecular weight excluding hydrogens is 1710 g/mol. The number of nitrogens with one attached hydrogen (secondary N) is 8. The SMILES string of the molecule is CN(C)Cc1cncc(-c2ccc3[nH]nc(C(=O)Nc4ccc(N5CCCC5)nc4)c3c2)c1.Nc1cncc(-c2ccc3[nH]nc(C(=O)Nc4ccc(N5CCCC5)nc4)c3c2)c1.O=C(Nc1ccc(N2CCCC2)nc1)c1n[nH]c2ccc(-c3cncc(CN4CCC(F)(F)CC4)c3)cc12.O=C(Nc1ccc(N2CCCC2)nc1)c1n[nH]c2ccc(-c3cncc(N4CCCC4)c3)cc12. The quantitative estimate of drug-likeness (QED) is 0.0323. The molecular formula is C101H104F2N28O4. The maximum Gasteiger partial charge on any atom is 0.276 e. The van der Waals surface area contributed by atoms with Crippen LogP contribution in [0, 0.1) is 0 Å². The number of amides is 4. The molecule has 0 radical (unpaired) electrons. The molecule has 34 heteroatoms. The first-order chi connectivity index (χ1) is 65.9. The number of benzene rings is 4. The number of pyridine rings is 8. The van der Waals surface area contributed by atoms with Crippen LogP contribution in [0.3, 0.4) is 0 Å². The summed E-state index contributed by atoms with van der Waals surface area (Å²) >= 11 is 0. The van der Waals surface area contributed by atoms with Crippen molar-refractivity contribution < 1.29 is 28.0 Å². The molecule has 6 aliphatic heterocycles. The van der Waals surface area contributed by atoms with Crippen LogP contribution in [0.15, 0.2) is 220 Å². The van der Waals surface area contributed by atoms with Gasteiger partial charge in [-0.3, -0.25) is 64.4 Å². The normalized spacial score (nSPS) is 15.4. The summed E-state index contributed by atoms with van der Waals surface area (Å²) < 4.78 is 27.0. The number of rotatable bonds is 21. The van der Waals surface area contributed by atoms with Gasteiger partial charge in [-0.05, 0) is 233 Å². The van der Waals surface area contributed by atoms with Crippen LogP contribution in [0.2, 0.25) is 0 Å². The number of aromatic amines is 4. The van der Waals surface area contributed by atoms with Crippen molar-refractivity contribution in [3.8, 4) is 44.5 Å². The van der Waals surface area contributed by atoms with Crippen molar-refractivity contribution in [2.24, 2.45) is 0 Å². The number of alkyl halides is 2. The predicted molar refractivity (Wildman–Crippen MR) is 525 cm³/mol. The average molecular weight is 1810 g/mol. The Morgan fingerprint density at radius 2 is 0.644 bits per heavy atom. The van der Waals surface area contributed by atoms with E-state index in [0.717, 1.165) is 195 Å². The van der Waals surface area contributed by atoms with Crippen molar-refractivity contribution in [2.45, 2.75) is 96.1 Å². The number of nitrogens with zero attached hydrogens (tertiary/aromatic N) is 19. The van der Waals surface area contributed by atoms with Gasteiger partial charge in [-0.15, -0.1) is 0 Å². The van der Waals surface area contributed by atoms with Crippen molar-refractivity contribution in [2.75, 3.05) is 144 Å². The number of nitrogen functional groups attached to an aromatic ring is 1. The van der Waals surface area contributed by atoms with E-state index < -0.39 is 5.92 Å². The molecule has 686 valence electrons. The summed E-state index contributed by atoms with van der Waals surface area (Å²) in [7, 11) is 4.06. The maximum atomic E-state index is 13.5. The summed E-state index contributed by atoms with van der Waals surface area (Å²) in [4.78, 5) is 103. The molecule has 0 spiro atoms. The zero-order chi connectivity index (χ0) is 92.3. The Balaban J connectivity index is 0.000000116. The summed E-state index contributed by atoms with van der Waals surface area (Å²) in [5.74, 6) is 0.0595. The highest BCUT2D eigenvalue weighted by Gasteiger charge is 2.34. The second-order valence-corrected chi connectivity index (χ2v) is 35.2. The minimum Gasteiger partial charge on any atom is -0.397 e. The number of hydrogen-bond donors (Lipinski definition) is 9. The van der Waals surface area contributed by atoms with Gasteiger partial charge in [0.2, 0.25) is 0 Å². The summed E-state index contributed by atoms with van der Waals surface area (Å²) in [5, 5.41) is 43.5. The van der Waals surface area contributed by atoms with Crippen LogP contribution in [0.5, 0.6) is 0 Å². The van der Waals surface area contributed by atoms with Crippen molar-refractivity contribution >= 4 is 125 Å². The van der Waals surface area contributed by atoms with Gasteiger partial charge >= 0.3 is 0 Å². The molecule has 0 bridgehead atoms. The van der Waals surface area contributed by atoms with Crippen LogP contribution in [0.25, 0.3) is 88.1 Å². The molecule has 16 aromatic rings. The average Bonchev–Trinajstić information content (AvgIpc) is 1.65. The smallest absolute Gasteiger partial charge is 0.276 e. The van der Waals surface area contributed by atoms with E-state index in [1.807, 2.05) is 177 Å². The van der Waals surface area contributed by atoms with E-state index in [4.69, 9.17) is 5.73 Å². The van der Waals surface area contributed by atoms with Crippen molar-refractivity contribution in [3.05, 3.63) is 254 Å². The predicted octanol–water partition coefficient (Wildman–Crippen LogP) is 17.0. The van der Waals surface area contributed by atoms with Crippen LogP contribution in [0.1, 0.15) is 130 Å². The molecule has 6 saturated heterocycles. The maximum absolute atomic E-state index is 13.5. The highest BCUT2D eigenvalue weighted by molar-refractivity contribution is 6.15. The Morgan fingerprint density at radius 1 is 0.341 bits per heavy atom. The third kappa shape index (κ3) is 21.2. The Labute approximate surface area is 777 Å². The van der Waals surface area contributed by atoms with Crippen LogP contribution in [-0.2, 0) is 13.1 Å². The number of likely N-dealkylation sites (tertiary alicyclic amines) is 1. The molecule has 22 rings (SSSR count). The summed E-state index contributed by atoms with van der Waals surface area (Å²) in [6.07, 6.45) is 32.9. The molecule has 6 fully saturated rings. The molecule has 6 aliphatic rings. The highest BCUT2D eigenvalue weighted by Crippen LogP contribution is 2.36. The second kappa shape index (κ2) is 40.2. The van der Waals surface area contributed by atoms with Crippen molar-refractivity contribution in [1.29, 1.82) is 0 Å². The van der Waals surface area contributed by atoms with E-state index in [-0.39, 0.29) is 36.5 Å². The van der Waals surface area contributed by atoms with Crippen LogP contribution < -0.4 is 51.5 Å². The fraction of sp³-hybridized carbons (Fsp3) is 0.287. The molecule has 18 heterocycles. The van der Waals surface area contributed by atoms with Gasteiger partial charge in [0.15, 0.2) is 22.8 Å². The molecule has 10 N–H and O–H groups in total. The summed E-state index contributed by atoms with van der Waals surface area (Å²) in [5.41, 5.74) is 24.3. The number of piperidine rings is 1. The number of carbonyl (C=O) groups excluding carboxylic acids is 4. The number of H-pyrrole nitrogens is 4. The van der Waals surface area contributed by atoms with Gasteiger partial charge in [0, 0.05) is 192 Å². The molecule has 4 aromatic carbocycles. The molecule has 0 saturated carbocycles. The van der Waals surface area contributed by atoms with Gasteiger partial charge in [-0.2, -0.15) is 20.4 Å². The lowest BCUT2D eigenvalue weighted by Gasteiger charge is -2.31. The molecule has 0 atom stereocenters. The first-order valence-electron chi connectivity index (χ1n) is 46.0. The monoisotopic (exact) mass is 1810 g/mol. The number of carbonyl (C=O) groups is 4. The highest BCUT2D eigenvalue weighted by atomic mass is 19.3. The molecule has 12 aromatic heterocycles. The molecule has 0 aliphatic carbocycles. The van der Waals surface area contributed by atoms with Gasteiger partial charge in [-0.1, -0.05) is 24.3 Å². The largest absolute Gasteiger partial charge is 0.397 e. The van der Waals surface area contributed by atoms with Gasteiger partial charge in [-0.25, -0.2) is 28.7 Å². The van der Waals surface area contributed by atoms with E-state index in [2.05, 4.69) is 143 Å². The van der Waals surface area contributed by atoms with E-state index in [1.165, 1.54) is 64.2 Å². The van der Waals surface area contributed by atoms with Crippen molar-refractivity contribution in [1.82, 2.24) is 90.5 Å². The van der Waals surface area contributed by atoms with Gasteiger partial charge in [0.05, 0.1) is 87.2 Å². The topological polar surface area (TPSA) is 383 Å². The lowest BCUT2D eigenvalue weighted by atomic mass is 10.0. The van der Waals surface area contributed by atoms with Crippen LogP contribution >= 0.6 is 0 Å². The third-order valence-electron chi connectivity index (χ3n) is 25.2. The zero-order valence-corrected chi connectivity index (χ0v) is 75.1. The minimum absolute atomic E-state index is 0.110. The second-order valence-electron chi connectivity index (χ2n) is 35.2. The first kappa shape index (κ1) is 88.7. The summed E-state index contributed by atoms with van der Waals surface area (Å²) in [6.45, 7) is 12.5. The number of hydrogen-bond acceptors (Lipinski definition) is 24. The minimum atomic E-state index is -2.56. The Hall–Kier alpha value is -15.6. The fourth-order valence-corrected chi connectivity index (χ4v) is 18.1. The molecule has 135 heavy (non-hydrogen) atoms. The lowest BCUT2D eigenvalue weighted by molar-refractivity contribution is -0.0566. The Kier molecular flexibility index (Phi) is 26.4. The third-order valence-corrected chi connectivity index (χ3v) is 25.2. The van der Waals surface area contributed by atoms with E-state index >= 15 is 0 Å². The van der Waals surface area contributed by atoms with E-state index in [0.29, 0.717) is 76.2 Å². The van der Waals surface area contributed by atoms with Crippen LogP contribution in [-0.4, -0.2) is 213 Å². The number of nitrogens with two attached hydrogens (primary N) is 1. The molecule has 32 nitrogen and oxygen atoms in total. The Bertz CT molecular complexity index is 6890. The lowest BCUT2D eigenvalue weighted by Crippen LogP contribution is -2.38. The zero-order valence-electron chi connectivity index (χ0n) is 75.1. The first-order valence-corrected chi connectivity index (χ1v) is 46.0. The Morgan fingerprint density at radius 3 is 0.970 bits per heavy atom. The van der Waals surface area contributed by atoms with Crippen LogP contribution in [0.4, 0.5) is 66.2 Å². The van der Waals surface area contributed by atoms with Gasteiger partial charge in [0.25, 0.3) is 29.6 Å². The van der Waals surface area contributed by atoms with Gasteiger partial charge in [0.1, 0.15) is 23.3 Å². The standard InChI is InChI=1S/C28H29F2N7O.C26H27N7O.C25H27N7O.C22H21N7O/c29-28(30)7-11-36(12-8-28)18-19-13-21(16-31-15-19)20-3-5-24-23(14-20)26(35-34-24)27(38)33-22-4-6-25(32-17-22)37-9-1-2-10-37;34-26(29-20-6-8-24(28-16-20)33-11-3-4-12-33)25-22-14-18(5-7-23(22)30-31-25)19-13-21(17-27-15-19)32-9-1-2-10-32;1-31(2)16-17-11-19(14-26-13-17)18-5-7-22-21(12-18)24(30-29-22)25(33)28-20-6-8-23(27-15-20)32-9-3-4-10-32;23-16-9-15(11-24-12-16)14-3-5-19-18(10-14)21(28-27-19)22(30)26-17-4-6-20(25-13-17)29-7-1-2-8-29/h3-6,13-17H,1-2,7-12,18H2,(H,33,38)(H,34,35);5-8,13-17H,1-4,9-12H2,(H,29,34)(H,30,31);5-8,11-15H,3-4,9-10,16H2,1-2H3,(H,28,33)(H,29,30);3-6,9-13H,1-2,7-8,23H2,(H,26,30)(H,27,28). The number of fused-ring (bicyclic) bond motifs is 4. The molecule has 4 amide bonds. The fourth-order valence-electron chi connectivity index (χ4n) is 18.1. The molecule has 0 unspecified atom stereocenters. The van der Waals surface area contributed by atoms with Crippen molar-refractivity contribution in [3.63, 3.8) is 0 Å².